The highest BCUT2D eigenvalue weighted by atomic mass is 19.4. The average molecular weight is 344 g/mol. The maximum atomic E-state index is 12.5. The molecule has 1 aromatic carbocycles. The van der Waals surface area contributed by atoms with Crippen molar-refractivity contribution in [2.45, 2.75) is 45.1 Å². The van der Waals surface area contributed by atoms with Gasteiger partial charge in [0.2, 0.25) is 5.91 Å². The number of nitrogens with zero attached hydrogens (tertiary/aromatic N) is 2. The summed E-state index contributed by atoms with van der Waals surface area (Å²) in [5.74, 6) is -0.208. The Kier molecular flexibility index (Phi) is 6.10. The van der Waals surface area contributed by atoms with Gasteiger partial charge < -0.3 is 9.64 Å². The highest BCUT2D eigenvalue weighted by molar-refractivity contribution is 5.81. The van der Waals surface area contributed by atoms with Gasteiger partial charge in [-0.05, 0) is 39.3 Å². The van der Waals surface area contributed by atoms with Crippen LogP contribution in [0.4, 0.5) is 13.2 Å². The summed E-state index contributed by atoms with van der Waals surface area (Å²) in [6.45, 7) is 3.49. The van der Waals surface area contributed by atoms with Gasteiger partial charge in [0.1, 0.15) is 5.75 Å². The zero-order valence-electron chi connectivity index (χ0n) is 14.0. The third-order valence-electron chi connectivity index (χ3n) is 4.30. The lowest BCUT2D eigenvalue weighted by molar-refractivity contribution is -0.275. The van der Waals surface area contributed by atoms with E-state index in [1.165, 1.54) is 12.1 Å². The number of alkyl halides is 3. The van der Waals surface area contributed by atoms with E-state index < -0.39 is 12.4 Å². The molecule has 0 spiro atoms. The summed E-state index contributed by atoms with van der Waals surface area (Å²) in [7, 11) is 1.73. The molecule has 1 aliphatic rings. The van der Waals surface area contributed by atoms with E-state index in [0.717, 1.165) is 32.4 Å². The van der Waals surface area contributed by atoms with Crippen LogP contribution in [0, 0.1) is 0 Å². The first kappa shape index (κ1) is 18.6. The molecule has 1 saturated heterocycles. The van der Waals surface area contributed by atoms with E-state index >= 15 is 0 Å². The third kappa shape index (κ3) is 5.12. The molecule has 1 unspecified atom stereocenters. The molecular formula is C17H23F3N2O2. The van der Waals surface area contributed by atoms with E-state index in [4.69, 9.17) is 0 Å². The van der Waals surface area contributed by atoms with Gasteiger partial charge in [-0.3, -0.25) is 9.69 Å². The summed E-state index contributed by atoms with van der Waals surface area (Å²) in [5, 5.41) is 0. The number of hydrogen-bond donors (Lipinski definition) is 0. The first-order valence-corrected chi connectivity index (χ1v) is 8.10. The minimum atomic E-state index is -4.73. The summed E-state index contributed by atoms with van der Waals surface area (Å²) < 4.78 is 41.5. The normalized spacial score (nSPS) is 17.0. The number of likely N-dealkylation sites (N-methyl/N-ethyl adjacent to an activating group) is 1. The first-order chi connectivity index (χ1) is 11.3. The molecule has 24 heavy (non-hydrogen) atoms. The molecule has 1 fully saturated rings. The van der Waals surface area contributed by atoms with E-state index in [1.54, 1.807) is 31.0 Å². The second-order valence-corrected chi connectivity index (χ2v) is 6.13. The number of piperidine rings is 1. The van der Waals surface area contributed by atoms with Gasteiger partial charge in [-0.15, -0.1) is 13.2 Å². The number of halogens is 3. The quantitative estimate of drug-likeness (QED) is 0.821. The maximum Gasteiger partial charge on any atom is 0.573 e. The lowest BCUT2D eigenvalue weighted by atomic mass is 10.1. The number of para-hydroxylation sites is 1. The fourth-order valence-electron chi connectivity index (χ4n) is 2.83. The largest absolute Gasteiger partial charge is 0.573 e. The standard InChI is InChI=1S/C17H23F3N2O2/c1-13(16(23)22-10-6-3-7-11-22)21(2)12-14-8-4-5-9-15(14)24-17(18,19)20/h4-5,8-9,13H,3,6-7,10-12H2,1-2H3. The summed E-state index contributed by atoms with van der Waals surface area (Å²) >= 11 is 0. The van der Waals surface area contributed by atoms with Crippen molar-refractivity contribution < 1.29 is 22.7 Å². The van der Waals surface area contributed by atoms with Gasteiger partial charge in [0.05, 0.1) is 6.04 Å². The van der Waals surface area contributed by atoms with Crippen LogP contribution in [-0.2, 0) is 11.3 Å². The summed E-state index contributed by atoms with van der Waals surface area (Å²) in [5.41, 5.74) is 0.399. The zero-order valence-corrected chi connectivity index (χ0v) is 14.0. The van der Waals surface area contributed by atoms with Gasteiger partial charge in [-0.1, -0.05) is 18.2 Å². The third-order valence-corrected chi connectivity index (χ3v) is 4.30. The Morgan fingerprint density at radius 3 is 2.50 bits per heavy atom. The molecule has 0 bridgehead atoms. The minimum absolute atomic E-state index is 0.0198. The Labute approximate surface area is 140 Å². The van der Waals surface area contributed by atoms with Crippen LogP contribution in [0.5, 0.6) is 5.75 Å². The Bertz CT molecular complexity index is 557. The van der Waals surface area contributed by atoms with Crippen molar-refractivity contribution in [2.75, 3.05) is 20.1 Å². The number of ether oxygens (including phenoxy) is 1. The molecule has 1 aliphatic heterocycles. The number of hydrogen-bond acceptors (Lipinski definition) is 3. The first-order valence-electron chi connectivity index (χ1n) is 8.10. The van der Waals surface area contributed by atoms with Gasteiger partial charge >= 0.3 is 6.36 Å². The zero-order chi connectivity index (χ0) is 17.7. The Hall–Kier alpha value is -1.76. The summed E-state index contributed by atoms with van der Waals surface area (Å²) in [6, 6.07) is 5.61. The van der Waals surface area contributed by atoms with Crippen LogP contribution in [0.1, 0.15) is 31.7 Å². The van der Waals surface area contributed by atoms with Crippen LogP contribution in [0.2, 0.25) is 0 Å². The van der Waals surface area contributed by atoms with Crippen molar-refractivity contribution in [1.29, 1.82) is 0 Å². The van der Waals surface area contributed by atoms with Crippen molar-refractivity contribution in [1.82, 2.24) is 9.80 Å². The summed E-state index contributed by atoms with van der Waals surface area (Å²) in [4.78, 5) is 16.1. The van der Waals surface area contributed by atoms with Gasteiger partial charge in [-0.2, -0.15) is 0 Å². The van der Waals surface area contributed by atoms with Crippen LogP contribution < -0.4 is 4.74 Å². The van der Waals surface area contributed by atoms with Crippen LogP contribution in [0.25, 0.3) is 0 Å². The molecule has 1 amide bonds. The molecule has 0 radical (unpaired) electrons. The number of carbonyl (C=O) groups is 1. The highest BCUT2D eigenvalue weighted by Crippen LogP contribution is 2.27. The van der Waals surface area contributed by atoms with E-state index in [1.807, 2.05) is 4.90 Å². The Morgan fingerprint density at radius 2 is 1.88 bits per heavy atom. The van der Waals surface area contributed by atoms with Crippen LogP contribution >= 0.6 is 0 Å². The van der Waals surface area contributed by atoms with E-state index in [-0.39, 0.29) is 18.2 Å². The Balaban J connectivity index is 2.03. The molecule has 7 heteroatoms. The molecule has 0 N–H and O–H groups in total. The minimum Gasteiger partial charge on any atom is -0.405 e. The summed E-state index contributed by atoms with van der Waals surface area (Å²) in [6.07, 6.45) is -1.59. The van der Waals surface area contributed by atoms with Crippen molar-refractivity contribution >= 4 is 5.91 Å². The van der Waals surface area contributed by atoms with Gasteiger partial charge in [0, 0.05) is 25.2 Å². The lowest BCUT2D eigenvalue weighted by Crippen LogP contribution is -2.47. The fourth-order valence-corrected chi connectivity index (χ4v) is 2.83. The molecule has 134 valence electrons. The number of likely N-dealkylation sites (tertiary alicyclic amines) is 1. The highest BCUT2D eigenvalue weighted by Gasteiger charge is 2.32. The molecule has 2 rings (SSSR count). The Morgan fingerprint density at radius 1 is 1.25 bits per heavy atom. The second-order valence-electron chi connectivity index (χ2n) is 6.13. The molecule has 1 aromatic rings. The van der Waals surface area contributed by atoms with Crippen molar-refractivity contribution in [3.05, 3.63) is 29.8 Å². The number of carbonyl (C=O) groups excluding carboxylic acids is 1. The van der Waals surface area contributed by atoms with Crippen LogP contribution in [0.15, 0.2) is 24.3 Å². The molecule has 4 nitrogen and oxygen atoms in total. The predicted molar refractivity (Wildman–Crippen MR) is 84.5 cm³/mol. The topological polar surface area (TPSA) is 32.8 Å². The van der Waals surface area contributed by atoms with Crippen molar-refractivity contribution in [3.8, 4) is 5.75 Å². The van der Waals surface area contributed by atoms with E-state index in [0.29, 0.717) is 5.56 Å². The van der Waals surface area contributed by atoms with E-state index in [2.05, 4.69) is 4.74 Å². The number of rotatable bonds is 5. The maximum absolute atomic E-state index is 12.5. The predicted octanol–water partition coefficient (Wildman–Crippen LogP) is 3.42. The monoisotopic (exact) mass is 344 g/mol. The molecule has 0 aliphatic carbocycles. The average Bonchev–Trinajstić information content (AvgIpc) is 2.54. The van der Waals surface area contributed by atoms with Crippen molar-refractivity contribution in [3.63, 3.8) is 0 Å². The lowest BCUT2D eigenvalue weighted by Gasteiger charge is -2.33. The van der Waals surface area contributed by atoms with Crippen LogP contribution in [0.3, 0.4) is 0 Å². The molecule has 0 aromatic heterocycles. The number of benzene rings is 1. The van der Waals surface area contributed by atoms with Gasteiger partial charge in [-0.25, -0.2) is 0 Å². The fraction of sp³-hybridized carbons (Fsp3) is 0.588. The second kappa shape index (κ2) is 7.88. The number of amides is 1. The van der Waals surface area contributed by atoms with Crippen LogP contribution in [-0.4, -0.2) is 48.2 Å². The SMILES string of the molecule is CC(C(=O)N1CCCCC1)N(C)Cc1ccccc1OC(F)(F)F. The van der Waals surface area contributed by atoms with Crippen molar-refractivity contribution in [2.24, 2.45) is 0 Å². The molecule has 0 saturated carbocycles. The molecule has 1 atom stereocenters. The smallest absolute Gasteiger partial charge is 0.405 e. The van der Waals surface area contributed by atoms with E-state index in [9.17, 15) is 18.0 Å². The van der Waals surface area contributed by atoms with Gasteiger partial charge in [0.15, 0.2) is 0 Å². The molecule has 1 heterocycles. The van der Waals surface area contributed by atoms with Gasteiger partial charge in [0.25, 0.3) is 0 Å². The molecular weight excluding hydrogens is 321 g/mol.